The fourth-order valence-corrected chi connectivity index (χ4v) is 7.99. The Labute approximate surface area is 279 Å². The Morgan fingerprint density at radius 3 is 2.12 bits per heavy atom. The van der Waals surface area contributed by atoms with Crippen molar-refractivity contribution in [3.63, 3.8) is 0 Å². The van der Waals surface area contributed by atoms with Crippen LogP contribution in [0.25, 0.3) is 55.3 Å². The molecule has 1 unspecified atom stereocenters. The molecule has 0 spiro atoms. The lowest BCUT2D eigenvalue weighted by atomic mass is 9.89. The summed E-state index contributed by atoms with van der Waals surface area (Å²) in [5.74, 6) is 2.25. The number of benzene rings is 8. The van der Waals surface area contributed by atoms with E-state index in [1.807, 2.05) is 0 Å². The maximum Gasteiger partial charge on any atom is 0.130 e. The summed E-state index contributed by atoms with van der Waals surface area (Å²) in [6.45, 7) is 0. The Morgan fingerprint density at radius 1 is 0.542 bits per heavy atom. The molecule has 1 atom stereocenters. The number of ether oxygens (including phenoxy) is 1. The van der Waals surface area contributed by atoms with Gasteiger partial charge in [0.05, 0.1) is 11.6 Å². The van der Waals surface area contributed by atoms with Crippen molar-refractivity contribution in [3.8, 4) is 16.9 Å². The van der Waals surface area contributed by atoms with Crippen LogP contribution in [0.5, 0.6) is 5.75 Å². The zero-order chi connectivity index (χ0) is 31.6. The van der Waals surface area contributed by atoms with Gasteiger partial charge < -0.3 is 9.64 Å². The molecule has 0 aromatic heterocycles. The predicted molar refractivity (Wildman–Crippen MR) is 201 cm³/mol. The van der Waals surface area contributed by atoms with Gasteiger partial charge in [-0.3, -0.25) is 0 Å². The number of hydrogen-bond acceptors (Lipinski definition) is 2. The van der Waals surface area contributed by atoms with Gasteiger partial charge in [0, 0.05) is 22.2 Å². The number of hydrogen-bond donors (Lipinski definition) is 0. The van der Waals surface area contributed by atoms with Crippen molar-refractivity contribution in [2.45, 2.75) is 12.3 Å². The lowest BCUT2D eigenvalue weighted by Crippen LogP contribution is -2.36. The monoisotopic (exact) mass is 613 g/mol. The topological polar surface area (TPSA) is 12.5 Å². The van der Waals surface area contributed by atoms with E-state index in [0.717, 1.165) is 35.0 Å². The fraction of sp³-hybridized carbons (Fsp3) is 0.0435. The SMILES string of the molecule is C1=c2cccc(N(c3ccccc3)c3ccc(-c4cc5ccc6ccccc6c5c5ccccc45)cc3)c2=C2Oc3ccccc3C2C1. The van der Waals surface area contributed by atoms with E-state index < -0.39 is 0 Å². The molecule has 1 aliphatic carbocycles. The second-order valence-corrected chi connectivity index (χ2v) is 12.8. The quantitative estimate of drug-likeness (QED) is 0.183. The molecule has 0 radical (unpaired) electrons. The van der Waals surface area contributed by atoms with Crippen LogP contribution in [-0.4, -0.2) is 0 Å². The van der Waals surface area contributed by atoms with Gasteiger partial charge in [0.15, 0.2) is 0 Å². The van der Waals surface area contributed by atoms with Crippen LogP contribution in [0.2, 0.25) is 0 Å². The average molecular weight is 614 g/mol. The first-order valence-corrected chi connectivity index (χ1v) is 16.7. The molecular weight excluding hydrogens is 583 g/mol. The van der Waals surface area contributed by atoms with E-state index >= 15 is 0 Å². The van der Waals surface area contributed by atoms with Crippen LogP contribution in [0.3, 0.4) is 0 Å². The van der Waals surface area contributed by atoms with Crippen molar-refractivity contribution < 1.29 is 4.74 Å². The molecule has 226 valence electrons. The van der Waals surface area contributed by atoms with Crippen LogP contribution < -0.4 is 20.1 Å². The van der Waals surface area contributed by atoms with Crippen LogP contribution in [0.1, 0.15) is 17.9 Å². The smallest absolute Gasteiger partial charge is 0.130 e. The standard InChI is InChI=1S/C46H31NO/c1-2-13-34(14-3-1)47(42-19-10-12-32-25-28-40-38-17-8-9-20-43(38)48-46(40)45(32)42)35-26-23-31(24-27-35)41-29-33-22-21-30-11-4-5-15-36(30)44(33)39-18-7-6-16-37(39)41/h1-27,29,40H,28H2. The molecule has 10 rings (SSSR count). The number of anilines is 3. The molecule has 0 N–H and O–H groups in total. The molecule has 0 fully saturated rings. The van der Waals surface area contributed by atoms with Gasteiger partial charge in [-0.15, -0.1) is 0 Å². The van der Waals surface area contributed by atoms with Gasteiger partial charge in [0.2, 0.25) is 0 Å². The highest BCUT2D eigenvalue weighted by Gasteiger charge is 2.32. The predicted octanol–water partition coefficient (Wildman–Crippen LogP) is 10.8. The molecular formula is C46H31NO. The highest BCUT2D eigenvalue weighted by atomic mass is 16.5. The minimum absolute atomic E-state index is 0.230. The van der Waals surface area contributed by atoms with Gasteiger partial charge in [-0.05, 0) is 97.5 Å². The molecule has 2 heteroatoms. The van der Waals surface area contributed by atoms with Gasteiger partial charge in [-0.1, -0.05) is 127 Å². The first-order valence-electron chi connectivity index (χ1n) is 16.7. The van der Waals surface area contributed by atoms with E-state index in [0.29, 0.717) is 0 Å². The highest BCUT2D eigenvalue weighted by molar-refractivity contribution is 6.23. The van der Waals surface area contributed by atoms with Crippen LogP contribution in [-0.2, 0) is 0 Å². The van der Waals surface area contributed by atoms with Crippen molar-refractivity contribution in [2.75, 3.05) is 4.90 Å². The van der Waals surface area contributed by atoms with Crippen molar-refractivity contribution in [1.29, 1.82) is 0 Å². The van der Waals surface area contributed by atoms with Crippen molar-refractivity contribution in [1.82, 2.24) is 0 Å². The van der Waals surface area contributed by atoms with Gasteiger partial charge in [-0.2, -0.15) is 0 Å². The van der Waals surface area contributed by atoms with Gasteiger partial charge in [-0.25, -0.2) is 0 Å². The molecule has 48 heavy (non-hydrogen) atoms. The average Bonchev–Trinajstić information content (AvgIpc) is 3.54. The molecule has 1 heterocycles. The Morgan fingerprint density at radius 2 is 1.25 bits per heavy atom. The van der Waals surface area contributed by atoms with Crippen LogP contribution >= 0.6 is 0 Å². The third-order valence-electron chi connectivity index (χ3n) is 10.2. The van der Waals surface area contributed by atoms with Crippen LogP contribution in [0.4, 0.5) is 17.1 Å². The Kier molecular flexibility index (Phi) is 6.04. The summed E-state index contributed by atoms with van der Waals surface area (Å²) in [5.41, 5.74) is 7.06. The summed E-state index contributed by atoms with van der Waals surface area (Å²) >= 11 is 0. The van der Waals surface area contributed by atoms with Crippen molar-refractivity contribution in [3.05, 3.63) is 180 Å². The maximum absolute atomic E-state index is 6.65. The number of nitrogens with zero attached hydrogens (tertiary/aromatic N) is 1. The van der Waals surface area contributed by atoms with Crippen LogP contribution in [0, 0.1) is 0 Å². The zero-order valence-electron chi connectivity index (χ0n) is 26.3. The molecule has 0 saturated carbocycles. The molecule has 0 bridgehead atoms. The van der Waals surface area contributed by atoms with E-state index in [2.05, 4.69) is 175 Å². The normalized spacial score (nSPS) is 14.7. The Bertz CT molecular complexity index is 2670. The molecule has 1 aliphatic heterocycles. The Balaban J connectivity index is 1.15. The third-order valence-corrected chi connectivity index (χ3v) is 10.2. The molecule has 8 aromatic rings. The second kappa shape index (κ2) is 10.7. The van der Waals surface area contributed by atoms with E-state index in [1.165, 1.54) is 59.4 Å². The first kappa shape index (κ1) is 27.0. The minimum atomic E-state index is 0.230. The summed E-state index contributed by atoms with van der Waals surface area (Å²) in [4.78, 5) is 2.38. The lowest BCUT2D eigenvalue weighted by molar-refractivity contribution is 0.509. The first-order chi connectivity index (χ1) is 23.8. The van der Waals surface area contributed by atoms with E-state index in [-0.39, 0.29) is 5.92 Å². The highest BCUT2D eigenvalue weighted by Crippen LogP contribution is 2.45. The summed E-state index contributed by atoms with van der Waals surface area (Å²) in [6, 6.07) is 59.3. The fourth-order valence-electron chi connectivity index (χ4n) is 7.99. The molecule has 0 amide bonds. The zero-order valence-corrected chi connectivity index (χ0v) is 26.3. The van der Waals surface area contributed by atoms with E-state index in [1.54, 1.807) is 0 Å². The number of fused-ring (bicyclic) bond motifs is 9. The number of rotatable bonds is 4. The van der Waals surface area contributed by atoms with E-state index in [4.69, 9.17) is 4.74 Å². The molecule has 8 aromatic carbocycles. The Hall–Kier alpha value is -6.12. The lowest BCUT2D eigenvalue weighted by Gasteiger charge is -2.28. The van der Waals surface area contributed by atoms with E-state index in [9.17, 15) is 0 Å². The van der Waals surface area contributed by atoms with Gasteiger partial charge >= 0.3 is 0 Å². The summed E-state index contributed by atoms with van der Waals surface area (Å²) in [6.07, 6.45) is 3.32. The van der Waals surface area contributed by atoms with Crippen molar-refractivity contribution >= 4 is 61.2 Å². The third kappa shape index (κ3) is 4.13. The van der Waals surface area contributed by atoms with Crippen LogP contribution in [0.15, 0.2) is 164 Å². The van der Waals surface area contributed by atoms with Crippen molar-refractivity contribution in [2.24, 2.45) is 0 Å². The number of para-hydroxylation sites is 2. The van der Waals surface area contributed by atoms with Gasteiger partial charge in [0.1, 0.15) is 11.5 Å². The minimum Gasteiger partial charge on any atom is -0.460 e. The maximum atomic E-state index is 6.65. The summed E-state index contributed by atoms with van der Waals surface area (Å²) in [7, 11) is 0. The molecule has 0 saturated heterocycles. The largest absolute Gasteiger partial charge is 0.460 e. The summed E-state index contributed by atoms with van der Waals surface area (Å²) in [5, 5.41) is 10.1. The second-order valence-electron chi connectivity index (χ2n) is 12.8. The molecule has 2 aliphatic rings. The molecule has 2 nitrogen and oxygen atoms in total. The van der Waals surface area contributed by atoms with Gasteiger partial charge in [0.25, 0.3) is 0 Å². The summed E-state index contributed by atoms with van der Waals surface area (Å²) < 4.78 is 6.65.